The van der Waals surface area contributed by atoms with Gasteiger partial charge in [-0.1, -0.05) is 12.1 Å². The zero-order valence-electron chi connectivity index (χ0n) is 20.2. The van der Waals surface area contributed by atoms with Crippen molar-refractivity contribution in [2.75, 3.05) is 30.0 Å². The summed E-state index contributed by atoms with van der Waals surface area (Å²) in [6.07, 6.45) is 1.39. The van der Waals surface area contributed by atoms with Crippen molar-refractivity contribution in [1.82, 2.24) is 19.5 Å². The maximum absolute atomic E-state index is 14.1. The molecule has 2 aromatic heterocycles. The van der Waals surface area contributed by atoms with Gasteiger partial charge in [-0.2, -0.15) is 9.97 Å². The van der Waals surface area contributed by atoms with Gasteiger partial charge in [0.2, 0.25) is 5.95 Å². The molecule has 0 amide bonds. The summed E-state index contributed by atoms with van der Waals surface area (Å²) in [6, 6.07) is 9.36. The lowest BCUT2D eigenvalue weighted by molar-refractivity contribution is 0.0752. The summed E-state index contributed by atoms with van der Waals surface area (Å²) >= 11 is 0. The average Bonchev–Trinajstić information content (AvgIpc) is 3.24. The quantitative estimate of drug-likeness (QED) is 0.538. The molecule has 8 nitrogen and oxygen atoms in total. The minimum absolute atomic E-state index is 0.0864. The maximum Gasteiger partial charge on any atom is 0.296 e. The van der Waals surface area contributed by atoms with Crippen molar-refractivity contribution in [1.29, 1.82) is 0 Å². The van der Waals surface area contributed by atoms with Gasteiger partial charge in [-0.25, -0.2) is 13.8 Å². The first-order valence-electron chi connectivity index (χ1n) is 12.4. The number of aromatic nitrogens is 4. The van der Waals surface area contributed by atoms with Gasteiger partial charge in [-0.3, -0.25) is 4.57 Å². The second-order valence-electron chi connectivity index (χ2n) is 9.81. The van der Waals surface area contributed by atoms with E-state index in [2.05, 4.69) is 29.0 Å². The number of nitrogens with one attached hydrogen (secondary N) is 1. The molecule has 1 aliphatic carbocycles. The van der Waals surface area contributed by atoms with Crippen LogP contribution < -0.4 is 16.0 Å². The highest BCUT2D eigenvalue weighted by Crippen LogP contribution is 2.31. The molecule has 2 atom stereocenters. The summed E-state index contributed by atoms with van der Waals surface area (Å²) in [6.45, 7) is 6.02. The molecule has 5 rings (SSSR count). The predicted octanol–water partition coefficient (Wildman–Crippen LogP) is 4.30. The number of anilines is 2. The minimum Gasteiger partial charge on any atom is -0.377 e. The van der Waals surface area contributed by atoms with Crippen LogP contribution in [0.25, 0.3) is 16.9 Å². The third kappa shape index (κ3) is 4.95. The third-order valence-electron chi connectivity index (χ3n) is 7.08. The van der Waals surface area contributed by atoms with Gasteiger partial charge in [0, 0.05) is 18.7 Å². The fourth-order valence-corrected chi connectivity index (χ4v) is 5.26. The van der Waals surface area contributed by atoms with Crippen LogP contribution in [-0.4, -0.2) is 57.4 Å². The molecule has 0 bridgehead atoms. The number of morpholine rings is 1. The molecule has 3 N–H and O–H groups in total. The standard InChI is InChI=1S/C25H33F2N7O/c1-15-13-35-14-16(2)33(15)21-11-22(32-25(31-21)29-12-17-7-9-18(28)10-8-17)34-20-6-4-3-5-19(20)30-24(34)23(26)27/h3-6,11,15-18,23H,7-10,12-14,28H2,1-2H3,(H,29,31,32)/t15-,16-,17-,18-/m0/s1. The lowest BCUT2D eigenvalue weighted by atomic mass is 9.86. The number of alkyl halides is 2. The van der Waals surface area contributed by atoms with E-state index in [9.17, 15) is 8.78 Å². The van der Waals surface area contributed by atoms with E-state index >= 15 is 0 Å². The number of rotatable bonds is 6. The van der Waals surface area contributed by atoms with Gasteiger partial charge in [0.05, 0.1) is 36.3 Å². The number of nitrogens with two attached hydrogens (primary N) is 1. The van der Waals surface area contributed by atoms with E-state index in [4.69, 9.17) is 20.4 Å². The van der Waals surface area contributed by atoms with Crippen LogP contribution in [0.3, 0.4) is 0 Å². The number of benzene rings is 1. The van der Waals surface area contributed by atoms with Gasteiger partial charge in [0.25, 0.3) is 6.43 Å². The van der Waals surface area contributed by atoms with Crippen LogP contribution in [0.15, 0.2) is 30.3 Å². The molecule has 3 heterocycles. The molecule has 2 fully saturated rings. The Kier molecular flexibility index (Phi) is 6.84. The Balaban J connectivity index is 1.56. The van der Waals surface area contributed by atoms with E-state index in [0.29, 0.717) is 47.7 Å². The Morgan fingerprint density at radius 1 is 1.03 bits per heavy atom. The number of para-hydroxylation sites is 2. The van der Waals surface area contributed by atoms with Crippen LogP contribution in [0.4, 0.5) is 20.5 Å². The van der Waals surface area contributed by atoms with Crippen molar-refractivity contribution >= 4 is 22.8 Å². The Morgan fingerprint density at radius 3 is 2.43 bits per heavy atom. The largest absolute Gasteiger partial charge is 0.377 e. The molecular weight excluding hydrogens is 452 g/mol. The Labute approximate surface area is 203 Å². The number of hydrogen-bond donors (Lipinski definition) is 2. The van der Waals surface area contributed by atoms with E-state index in [0.717, 1.165) is 32.2 Å². The molecule has 0 spiro atoms. The molecule has 1 aromatic carbocycles. The lowest BCUT2D eigenvalue weighted by Crippen LogP contribution is -2.50. The molecule has 35 heavy (non-hydrogen) atoms. The number of imidazole rings is 1. The van der Waals surface area contributed by atoms with E-state index in [-0.39, 0.29) is 23.9 Å². The van der Waals surface area contributed by atoms with Crippen LogP contribution in [0.2, 0.25) is 0 Å². The summed E-state index contributed by atoms with van der Waals surface area (Å²) in [4.78, 5) is 15.9. The summed E-state index contributed by atoms with van der Waals surface area (Å²) < 4.78 is 35.3. The first-order valence-corrected chi connectivity index (χ1v) is 12.4. The van der Waals surface area contributed by atoms with Gasteiger partial charge in [0.1, 0.15) is 11.6 Å². The van der Waals surface area contributed by atoms with E-state index in [1.165, 1.54) is 4.57 Å². The first kappa shape index (κ1) is 23.9. The molecule has 0 unspecified atom stereocenters. The second-order valence-corrected chi connectivity index (χ2v) is 9.81. The van der Waals surface area contributed by atoms with Crippen molar-refractivity contribution in [3.63, 3.8) is 0 Å². The zero-order valence-corrected chi connectivity index (χ0v) is 20.2. The Morgan fingerprint density at radius 2 is 1.71 bits per heavy atom. The maximum atomic E-state index is 14.1. The van der Waals surface area contributed by atoms with Crippen molar-refractivity contribution in [2.24, 2.45) is 11.7 Å². The number of ether oxygens (including phenoxy) is 1. The van der Waals surface area contributed by atoms with Gasteiger partial charge in [-0.15, -0.1) is 0 Å². The second kappa shape index (κ2) is 10.0. The number of fused-ring (bicyclic) bond motifs is 1. The van der Waals surface area contributed by atoms with Crippen LogP contribution in [0.1, 0.15) is 51.8 Å². The zero-order chi connectivity index (χ0) is 24.5. The van der Waals surface area contributed by atoms with Crippen molar-refractivity contribution < 1.29 is 13.5 Å². The van der Waals surface area contributed by atoms with Crippen LogP contribution in [-0.2, 0) is 4.74 Å². The average molecular weight is 486 g/mol. The Hall–Kier alpha value is -2.85. The molecule has 3 aromatic rings. The molecule has 0 radical (unpaired) electrons. The SMILES string of the molecule is C[C@H]1COC[C@H](C)N1c1cc(-n2c(C(F)F)nc3ccccc32)nc(NC[C@H]2CC[C@H](N)CC2)n1. The number of halogens is 2. The molecule has 2 aliphatic rings. The summed E-state index contributed by atoms with van der Waals surface area (Å²) in [5.74, 6) is 1.64. The summed E-state index contributed by atoms with van der Waals surface area (Å²) in [5, 5.41) is 3.40. The molecule has 1 saturated carbocycles. The normalized spacial score (nSPS) is 25.4. The van der Waals surface area contributed by atoms with Crippen LogP contribution in [0, 0.1) is 5.92 Å². The monoisotopic (exact) mass is 485 g/mol. The fraction of sp³-hybridized carbons (Fsp3) is 0.560. The highest BCUT2D eigenvalue weighted by Gasteiger charge is 2.29. The third-order valence-corrected chi connectivity index (χ3v) is 7.08. The van der Waals surface area contributed by atoms with Crippen molar-refractivity contribution in [2.45, 2.75) is 64.1 Å². The molecule has 1 saturated heterocycles. The fourth-order valence-electron chi connectivity index (χ4n) is 5.26. The molecule has 1 aliphatic heterocycles. The minimum atomic E-state index is -2.75. The van der Waals surface area contributed by atoms with Gasteiger partial charge < -0.3 is 20.7 Å². The van der Waals surface area contributed by atoms with Crippen molar-refractivity contribution in [3.05, 3.63) is 36.2 Å². The molecular formula is C25H33F2N7O. The first-order chi connectivity index (χ1) is 16.9. The van der Waals surface area contributed by atoms with Crippen molar-refractivity contribution in [3.8, 4) is 5.82 Å². The van der Waals surface area contributed by atoms with E-state index in [1.54, 1.807) is 24.3 Å². The number of nitrogens with zero attached hydrogens (tertiary/aromatic N) is 5. The number of hydrogen-bond acceptors (Lipinski definition) is 7. The van der Waals surface area contributed by atoms with Gasteiger partial charge >= 0.3 is 0 Å². The lowest BCUT2D eigenvalue weighted by Gasteiger charge is -2.39. The highest BCUT2D eigenvalue weighted by molar-refractivity contribution is 5.78. The predicted molar refractivity (Wildman–Crippen MR) is 132 cm³/mol. The summed E-state index contributed by atoms with van der Waals surface area (Å²) in [7, 11) is 0. The van der Waals surface area contributed by atoms with Gasteiger partial charge in [0.15, 0.2) is 5.82 Å². The highest BCUT2D eigenvalue weighted by atomic mass is 19.3. The Bertz CT molecular complexity index is 1150. The van der Waals surface area contributed by atoms with Crippen LogP contribution in [0.5, 0.6) is 0 Å². The van der Waals surface area contributed by atoms with E-state index < -0.39 is 6.43 Å². The molecule has 188 valence electrons. The summed E-state index contributed by atoms with van der Waals surface area (Å²) in [5.41, 5.74) is 7.15. The molecule has 10 heteroatoms. The van der Waals surface area contributed by atoms with Crippen LogP contribution >= 0.6 is 0 Å². The topological polar surface area (TPSA) is 94.1 Å². The smallest absolute Gasteiger partial charge is 0.296 e. The van der Waals surface area contributed by atoms with E-state index in [1.807, 2.05) is 6.07 Å². The van der Waals surface area contributed by atoms with Gasteiger partial charge in [-0.05, 0) is 57.6 Å².